The first-order valence-electron chi connectivity index (χ1n) is 7.52. The van der Waals surface area contributed by atoms with Crippen molar-refractivity contribution in [2.75, 3.05) is 6.54 Å². The lowest BCUT2D eigenvalue weighted by molar-refractivity contribution is 0.140. The highest BCUT2D eigenvalue weighted by Gasteiger charge is 2.02. The van der Waals surface area contributed by atoms with Crippen molar-refractivity contribution in [2.45, 2.75) is 19.6 Å². The number of amides is 1. The fourth-order valence-corrected chi connectivity index (χ4v) is 1.97. The Bertz CT molecular complexity index is 735. The molecule has 0 unspecified atom stereocenters. The number of nitrogens with one attached hydrogen (secondary N) is 1. The van der Waals surface area contributed by atoms with Gasteiger partial charge >= 0.3 is 6.09 Å². The fourth-order valence-electron chi connectivity index (χ4n) is 1.97. The third-order valence-corrected chi connectivity index (χ3v) is 3.19. The molecule has 5 heteroatoms. The van der Waals surface area contributed by atoms with Crippen molar-refractivity contribution >= 4 is 6.09 Å². The molecule has 2 aromatic carbocycles. The van der Waals surface area contributed by atoms with Gasteiger partial charge in [0.05, 0.1) is 6.61 Å². The lowest BCUT2D eigenvalue weighted by Gasteiger charge is -2.05. The summed E-state index contributed by atoms with van der Waals surface area (Å²) in [7, 11) is 0. The standard InChI is InChI=1S/C19H18FNO3/c20-18-10-9-16(17(12-18)13-22)8-4-5-11-21-19(23)24-14-15-6-2-1-3-7-15/h1-3,6-7,9-10,12,22H,5,11,13-14H2,(H,21,23). The molecule has 0 aliphatic carbocycles. The number of aliphatic hydroxyl groups is 1. The molecule has 2 aromatic rings. The van der Waals surface area contributed by atoms with Crippen molar-refractivity contribution in [1.29, 1.82) is 0 Å². The van der Waals surface area contributed by atoms with E-state index in [1.807, 2.05) is 30.3 Å². The van der Waals surface area contributed by atoms with Gasteiger partial charge in [-0.1, -0.05) is 42.2 Å². The summed E-state index contributed by atoms with van der Waals surface area (Å²) in [5, 5.41) is 11.8. The van der Waals surface area contributed by atoms with Gasteiger partial charge in [0.15, 0.2) is 0 Å². The molecule has 4 nitrogen and oxygen atoms in total. The first-order valence-corrected chi connectivity index (χ1v) is 7.52. The molecule has 0 heterocycles. The second-order valence-corrected chi connectivity index (χ2v) is 5.00. The van der Waals surface area contributed by atoms with Crippen LogP contribution in [0.1, 0.15) is 23.1 Å². The maximum atomic E-state index is 13.0. The molecule has 1 amide bonds. The molecule has 0 fully saturated rings. The smallest absolute Gasteiger partial charge is 0.407 e. The predicted molar refractivity (Wildman–Crippen MR) is 88.4 cm³/mol. The van der Waals surface area contributed by atoms with Crippen LogP contribution >= 0.6 is 0 Å². The number of ether oxygens (including phenoxy) is 1. The topological polar surface area (TPSA) is 58.6 Å². The van der Waals surface area contributed by atoms with E-state index in [1.165, 1.54) is 18.2 Å². The Hall–Kier alpha value is -2.84. The maximum Gasteiger partial charge on any atom is 0.407 e. The van der Waals surface area contributed by atoms with Crippen LogP contribution in [0.25, 0.3) is 0 Å². The Morgan fingerprint density at radius 3 is 2.75 bits per heavy atom. The van der Waals surface area contributed by atoms with E-state index in [-0.39, 0.29) is 13.2 Å². The van der Waals surface area contributed by atoms with Gasteiger partial charge in [0.25, 0.3) is 0 Å². The third kappa shape index (κ3) is 5.75. The second-order valence-electron chi connectivity index (χ2n) is 5.00. The van der Waals surface area contributed by atoms with Crippen molar-refractivity contribution in [3.63, 3.8) is 0 Å². The van der Waals surface area contributed by atoms with E-state index in [0.29, 0.717) is 24.1 Å². The van der Waals surface area contributed by atoms with Gasteiger partial charge in [0, 0.05) is 18.5 Å². The zero-order chi connectivity index (χ0) is 17.2. The molecule has 0 spiro atoms. The van der Waals surface area contributed by atoms with Crippen LogP contribution in [0, 0.1) is 17.7 Å². The Kier molecular flexibility index (Phi) is 6.81. The number of carbonyl (C=O) groups excluding carboxylic acids is 1. The van der Waals surface area contributed by atoms with E-state index < -0.39 is 11.9 Å². The molecule has 2 N–H and O–H groups in total. The molecule has 0 atom stereocenters. The van der Waals surface area contributed by atoms with Crippen molar-refractivity contribution in [3.8, 4) is 11.8 Å². The molecule has 2 rings (SSSR count). The van der Waals surface area contributed by atoms with E-state index >= 15 is 0 Å². The summed E-state index contributed by atoms with van der Waals surface area (Å²) < 4.78 is 18.1. The van der Waals surface area contributed by atoms with Gasteiger partial charge in [-0.2, -0.15) is 0 Å². The number of alkyl carbamates (subject to hydrolysis) is 1. The van der Waals surface area contributed by atoms with Crippen LogP contribution in [0.4, 0.5) is 9.18 Å². The molecule has 0 radical (unpaired) electrons. The molecule has 124 valence electrons. The molecule has 0 saturated heterocycles. The summed E-state index contributed by atoms with van der Waals surface area (Å²) in [6.07, 6.45) is -0.0821. The predicted octanol–water partition coefficient (Wildman–Crippen LogP) is 2.99. The van der Waals surface area contributed by atoms with Crippen LogP contribution in [0.5, 0.6) is 0 Å². The lowest BCUT2D eigenvalue weighted by atomic mass is 10.1. The Labute approximate surface area is 140 Å². The summed E-state index contributed by atoms with van der Waals surface area (Å²) in [4.78, 5) is 11.5. The SMILES string of the molecule is O=C(NCCC#Cc1ccc(F)cc1CO)OCc1ccccc1. The maximum absolute atomic E-state index is 13.0. The number of hydrogen-bond donors (Lipinski definition) is 2. The summed E-state index contributed by atoms with van der Waals surface area (Å²) in [6.45, 7) is 0.288. The van der Waals surface area contributed by atoms with Crippen molar-refractivity contribution < 1.29 is 19.0 Å². The molecule has 0 bridgehead atoms. The molecular weight excluding hydrogens is 309 g/mol. The highest BCUT2D eigenvalue weighted by molar-refractivity contribution is 5.67. The third-order valence-electron chi connectivity index (χ3n) is 3.19. The Balaban J connectivity index is 1.72. The lowest BCUT2D eigenvalue weighted by Crippen LogP contribution is -2.24. The number of aliphatic hydroxyl groups excluding tert-OH is 1. The van der Waals surface area contributed by atoms with Crippen LogP contribution < -0.4 is 5.32 Å². The summed E-state index contributed by atoms with van der Waals surface area (Å²) >= 11 is 0. The second kappa shape index (κ2) is 9.33. The van der Waals surface area contributed by atoms with Crippen LogP contribution in [0.15, 0.2) is 48.5 Å². The minimum Gasteiger partial charge on any atom is -0.445 e. The van der Waals surface area contributed by atoms with Gasteiger partial charge in [0.2, 0.25) is 0 Å². The Morgan fingerprint density at radius 1 is 1.21 bits per heavy atom. The molecule has 24 heavy (non-hydrogen) atoms. The summed E-state index contributed by atoms with van der Waals surface area (Å²) in [5.41, 5.74) is 1.93. The van der Waals surface area contributed by atoms with Crippen molar-refractivity contribution in [3.05, 3.63) is 71.0 Å². The number of carbonyl (C=O) groups is 1. The average Bonchev–Trinajstić information content (AvgIpc) is 2.61. The minimum atomic E-state index is -0.501. The number of rotatable bonds is 5. The quantitative estimate of drug-likeness (QED) is 0.656. The van der Waals surface area contributed by atoms with Crippen molar-refractivity contribution in [1.82, 2.24) is 5.32 Å². The monoisotopic (exact) mass is 327 g/mol. The highest BCUT2D eigenvalue weighted by Crippen LogP contribution is 2.10. The average molecular weight is 327 g/mol. The number of benzene rings is 2. The summed E-state index contributed by atoms with van der Waals surface area (Å²) in [6, 6.07) is 13.5. The first kappa shape index (κ1) is 17.5. The normalized spacial score (nSPS) is 9.75. The molecule has 0 aromatic heterocycles. The van der Waals surface area contributed by atoms with Gasteiger partial charge < -0.3 is 15.2 Å². The first-order chi connectivity index (χ1) is 11.7. The number of halogens is 1. The zero-order valence-electron chi connectivity index (χ0n) is 13.1. The minimum absolute atomic E-state index is 0.216. The molecule has 0 aliphatic rings. The van der Waals surface area contributed by atoms with Crippen LogP contribution in [0.2, 0.25) is 0 Å². The number of hydrogen-bond acceptors (Lipinski definition) is 3. The van der Waals surface area contributed by atoms with Gasteiger partial charge in [-0.25, -0.2) is 9.18 Å². The highest BCUT2D eigenvalue weighted by atomic mass is 19.1. The van der Waals surface area contributed by atoms with E-state index in [0.717, 1.165) is 5.56 Å². The van der Waals surface area contributed by atoms with E-state index in [9.17, 15) is 9.18 Å². The fraction of sp³-hybridized carbons (Fsp3) is 0.211. The summed E-state index contributed by atoms with van der Waals surface area (Å²) in [5.74, 6) is 5.32. The van der Waals surface area contributed by atoms with Gasteiger partial charge in [-0.15, -0.1) is 0 Å². The van der Waals surface area contributed by atoms with Crippen LogP contribution in [-0.2, 0) is 18.0 Å². The van der Waals surface area contributed by atoms with Gasteiger partial charge in [-0.05, 0) is 29.3 Å². The van der Waals surface area contributed by atoms with Crippen LogP contribution in [-0.4, -0.2) is 17.7 Å². The van der Waals surface area contributed by atoms with E-state index in [2.05, 4.69) is 17.2 Å². The molecule has 0 aliphatic heterocycles. The van der Waals surface area contributed by atoms with Gasteiger partial charge in [0.1, 0.15) is 12.4 Å². The van der Waals surface area contributed by atoms with E-state index in [4.69, 9.17) is 9.84 Å². The van der Waals surface area contributed by atoms with Crippen LogP contribution in [0.3, 0.4) is 0 Å². The largest absolute Gasteiger partial charge is 0.445 e. The molecule has 0 saturated carbocycles. The Morgan fingerprint density at radius 2 is 2.00 bits per heavy atom. The van der Waals surface area contributed by atoms with Crippen molar-refractivity contribution in [2.24, 2.45) is 0 Å². The zero-order valence-corrected chi connectivity index (χ0v) is 13.1. The van der Waals surface area contributed by atoms with Gasteiger partial charge in [-0.3, -0.25) is 0 Å². The van der Waals surface area contributed by atoms with E-state index in [1.54, 1.807) is 0 Å². The molecular formula is C19H18FNO3.